The number of nitrogens with one attached hydrogen (secondary N) is 2. The Kier molecular flexibility index (Phi) is 4.01. The summed E-state index contributed by atoms with van der Waals surface area (Å²) in [6.45, 7) is 4.46. The molecule has 0 bridgehead atoms. The lowest BCUT2D eigenvalue weighted by Crippen LogP contribution is -2.37. The Balaban J connectivity index is 1.75. The van der Waals surface area contributed by atoms with Crippen LogP contribution in [-0.4, -0.2) is 31.1 Å². The molecule has 1 aromatic rings. The van der Waals surface area contributed by atoms with Crippen LogP contribution < -0.4 is 10.6 Å². The van der Waals surface area contributed by atoms with Crippen LogP contribution in [-0.2, 0) is 9.47 Å². The second kappa shape index (κ2) is 5.54. The van der Waals surface area contributed by atoms with Crippen molar-refractivity contribution in [1.29, 1.82) is 0 Å². The molecule has 1 fully saturated rings. The second-order valence-electron chi connectivity index (χ2n) is 4.79. The topological polar surface area (TPSA) is 59.6 Å². The maximum Gasteiger partial charge on any atom is 0.319 e. The van der Waals surface area contributed by atoms with Gasteiger partial charge in [-0.15, -0.1) is 0 Å². The van der Waals surface area contributed by atoms with Crippen molar-refractivity contribution in [2.75, 3.05) is 18.5 Å². The number of hydrogen-bond donors (Lipinski definition) is 2. The molecule has 0 aliphatic carbocycles. The quantitative estimate of drug-likeness (QED) is 0.882. The molecule has 6 heteroatoms. The van der Waals surface area contributed by atoms with Gasteiger partial charge in [0.1, 0.15) is 11.9 Å². The van der Waals surface area contributed by atoms with E-state index in [9.17, 15) is 9.18 Å². The van der Waals surface area contributed by atoms with Gasteiger partial charge in [0.15, 0.2) is 5.79 Å². The molecular formula is C13H17FN2O3. The molecule has 2 amide bonds. The van der Waals surface area contributed by atoms with Gasteiger partial charge in [-0.1, -0.05) is 0 Å². The van der Waals surface area contributed by atoms with Crippen molar-refractivity contribution in [2.45, 2.75) is 25.7 Å². The molecule has 2 N–H and O–H groups in total. The molecule has 1 saturated heterocycles. The fraction of sp³-hybridized carbons (Fsp3) is 0.462. The van der Waals surface area contributed by atoms with E-state index in [0.717, 1.165) is 0 Å². The zero-order valence-electron chi connectivity index (χ0n) is 10.9. The second-order valence-corrected chi connectivity index (χ2v) is 4.79. The molecule has 19 heavy (non-hydrogen) atoms. The summed E-state index contributed by atoms with van der Waals surface area (Å²) in [5.41, 5.74) is 0.530. The molecule has 1 atom stereocenters. The molecule has 2 rings (SSSR count). The number of benzene rings is 1. The first-order chi connectivity index (χ1) is 8.94. The Morgan fingerprint density at radius 3 is 2.68 bits per heavy atom. The highest BCUT2D eigenvalue weighted by Crippen LogP contribution is 2.21. The van der Waals surface area contributed by atoms with Crippen LogP contribution in [0, 0.1) is 5.82 Å². The average molecular weight is 268 g/mol. The summed E-state index contributed by atoms with van der Waals surface area (Å²) in [5, 5.41) is 5.28. The summed E-state index contributed by atoms with van der Waals surface area (Å²) >= 11 is 0. The Bertz CT molecular complexity index is 448. The minimum absolute atomic E-state index is 0.158. The summed E-state index contributed by atoms with van der Waals surface area (Å²) < 4.78 is 23.6. The van der Waals surface area contributed by atoms with Gasteiger partial charge >= 0.3 is 6.03 Å². The van der Waals surface area contributed by atoms with E-state index in [0.29, 0.717) is 18.8 Å². The predicted octanol–water partition coefficient (Wildman–Crippen LogP) is 2.10. The summed E-state index contributed by atoms with van der Waals surface area (Å²) in [4.78, 5) is 11.6. The highest BCUT2D eigenvalue weighted by atomic mass is 19.1. The highest BCUT2D eigenvalue weighted by molar-refractivity contribution is 5.89. The van der Waals surface area contributed by atoms with E-state index in [1.54, 1.807) is 0 Å². The van der Waals surface area contributed by atoms with E-state index in [1.807, 2.05) is 13.8 Å². The average Bonchev–Trinajstić information content (AvgIpc) is 2.69. The highest BCUT2D eigenvalue weighted by Gasteiger charge is 2.32. The number of hydrogen-bond acceptors (Lipinski definition) is 3. The fourth-order valence-electron chi connectivity index (χ4n) is 1.78. The van der Waals surface area contributed by atoms with Gasteiger partial charge in [0.2, 0.25) is 0 Å². The third-order valence-corrected chi connectivity index (χ3v) is 2.66. The van der Waals surface area contributed by atoms with Crippen LogP contribution in [0.25, 0.3) is 0 Å². The van der Waals surface area contributed by atoms with Crippen molar-refractivity contribution < 1.29 is 18.7 Å². The normalized spacial score (nSPS) is 21.1. The zero-order chi connectivity index (χ0) is 13.9. The van der Waals surface area contributed by atoms with Crippen molar-refractivity contribution in [3.63, 3.8) is 0 Å². The first kappa shape index (κ1) is 13.8. The Morgan fingerprint density at radius 1 is 1.42 bits per heavy atom. The van der Waals surface area contributed by atoms with Crippen LogP contribution >= 0.6 is 0 Å². The largest absolute Gasteiger partial charge is 0.348 e. The third kappa shape index (κ3) is 4.18. The lowest BCUT2D eigenvalue weighted by atomic mass is 10.3. The molecule has 5 nitrogen and oxygen atoms in total. The van der Waals surface area contributed by atoms with E-state index in [2.05, 4.69) is 10.6 Å². The molecule has 1 unspecified atom stereocenters. The molecule has 1 aliphatic rings. The van der Waals surface area contributed by atoms with E-state index in [1.165, 1.54) is 24.3 Å². The molecule has 0 saturated carbocycles. The smallest absolute Gasteiger partial charge is 0.319 e. The number of ether oxygens (including phenoxy) is 2. The van der Waals surface area contributed by atoms with Crippen molar-refractivity contribution in [2.24, 2.45) is 0 Å². The number of anilines is 1. The van der Waals surface area contributed by atoms with E-state index >= 15 is 0 Å². The van der Waals surface area contributed by atoms with Crippen LogP contribution in [0.2, 0.25) is 0 Å². The van der Waals surface area contributed by atoms with Crippen LogP contribution in [0.15, 0.2) is 24.3 Å². The van der Waals surface area contributed by atoms with E-state index in [4.69, 9.17) is 9.47 Å². The third-order valence-electron chi connectivity index (χ3n) is 2.66. The minimum Gasteiger partial charge on any atom is -0.348 e. The maximum atomic E-state index is 12.7. The Hall–Kier alpha value is -1.66. The van der Waals surface area contributed by atoms with E-state index < -0.39 is 5.79 Å². The minimum atomic E-state index is -0.597. The molecule has 1 aliphatic heterocycles. The predicted molar refractivity (Wildman–Crippen MR) is 68.3 cm³/mol. The Morgan fingerprint density at radius 2 is 2.11 bits per heavy atom. The molecular weight excluding hydrogens is 251 g/mol. The Labute approximate surface area is 111 Å². The van der Waals surface area contributed by atoms with Gasteiger partial charge in [0, 0.05) is 12.2 Å². The molecule has 0 radical (unpaired) electrons. The standard InChI is InChI=1S/C13H17FN2O3/c1-13(2)18-8-11(19-13)7-15-12(17)16-10-5-3-9(14)4-6-10/h3-6,11H,7-8H2,1-2H3,(H2,15,16,17). The van der Waals surface area contributed by atoms with Gasteiger partial charge in [-0.2, -0.15) is 0 Å². The maximum absolute atomic E-state index is 12.7. The van der Waals surface area contributed by atoms with Gasteiger partial charge in [-0.25, -0.2) is 9.18 Å². The van der Waals surface area contributed by atoms with E-state index in [-0.39, 0.29) is 18.0 Å². The van der Waals surface area contributed by atoms with Crippen LogP contribution in [0.1, 0.15) is 13.8 Å². The first-order valence-corrected chi connectivity index (χ1v) is 6.07. The van der Waals surface area contributed by atoms with Gasteiger partial charge < -0.3 is 20.1 Å². The van der Waals surface area contributed by atoms with Gasteiger partial charge in [0.25, 0.3) is 0 Å². The molecule has 0 spiro atoms. The summed E-state index contributed by atoms with van der Waals surface area (Å²) in [6, 6.07) is 5.19. The van der Waals surface area contributed by atoms with Gasteiger partial charge in [0.05, 0.1) is 6.61 Å². The first-order valence-electron chi connectivity index (χ1n) is 6.07. The zero-order valence-corrected chi connectivity index (χ0v) is 10.9. The number of carbonyl (C=O) groups excluding carboxylic acids is 1. The number of amides is 2. The van der Waals surface area contributed by atoms with Crippen LogP contribution in [0.3, 0.4) is 0 Å². The number of carbonyl (C=O) groups is 1. The fourth-order valence-corrected chi connectivity index (χ4v) is 1.78. The summed E-state index contributed by atoms with van der Waals surface area (Å²) in [7, 11) is 0. The SMILES string of the molecule is CC1(C)OCC(CNC(=O)Nc2ccc(F)cc2)O1. The van der Waals surface area contributed by atoms with Crippen molar-refractivity contribution >= 4 is 11.7 Å². The summed E-state index contributed by atoms with van der Waals surface area (Å²) in [5.74, 6) is -0.940. The van der Waals surface area contributed by atoms with Gasteiger partial charge in [-0.3, -0.25) is 0 Å². The monoisotopic (exact) mass is 268 g/mol. The molecule has 1 aromatic carbocycles. The van der Waals surface area contributed by atoms with Crippen molar-refractivity contribution in [3.05, 3.63) is 30.1 Å². The number of halogens is 1. The van der Waals surface area contributed by atoms with Crippen molar-refractivity contribution in [3.8, 4) is 0 Å². The number of rotatable bonds is 3. The molecule has 1 heterocycles. The lowest BCUT2D eigenvalue weighted by molar-refractivity contribution is -0.137. The molecule has 104 valence electrons. The lowest BCUT2D eigenvalue weighted by Gasteiger charge is -2.17. The van der Waals surface area contributed by atoms with Crippen LogP contribution in [0.5, 0.6) is 0 Å². The van der Waals surface area contributed by atoms with Gasteiger partial charge in [-0.05, 0) is 38.1 Å². The van der Waals surface area contributed by atoms with Crippen LogP contribution in [0.4, 0.5) is 14.9 Å². The molecule has 0 aromatic heterocycles. The summed E-state index contributed by atoms with van der Waals surface area (Å²) in [6.07, 6.45) is -0.158. The number of urea groups is 1. The van der Waals surface area contributed by atoms with Crippen molar-refractivity contribution in [1.82, 2.24) is 5.32 Å².